The number of benzene rings is 2. The number of rotatable bonds is 7. The van der Waals surface area contributed by atoms with Gasteiger partial charge in [-0.25, -0.2) is 0 Å². The molecule has 5 rings (SSSR count). The molecule has 3 aromatic rings. The predicted octanol–water partition coefficient (Wildman–Crippen LogP) is 6.99. The van der Waals surface area contributed by atoms with Crippen LogP contribution in [-0.2, 0) is 15.0 Å². The number of likely N-dealkylation sites (tertiary alicyclic amines) is 1. The quantitative estimate of drug-likeness (QED) is 0.312. The Bertz CT molecular complexity index is 1380. The van der Waals surface area contributed by atoms with Gasteiger partial charge < -0.3 is 10.6 Å². The van der Waals surface area contributed by atoms with Crippen molar-refractivity contribution >= 4 is 35.0 Å². The first-order chi connectivity index (χ1) is 19.7. The molecule has 2 aliphatic rings. The van der Waals surface area contributed by atoms with Crippen molar-refractivity contribution in [3.05, 3.63) is 99.8 Å². The van der Waals surface area contributed by atoms with Crippen LogP contribution in [0.4, 0.5) is 0 Å². The Morgan fingerprint density at radius 2 is 1.59 bits per heavy atom. The first kappa shape index (κ1) is 29.0. The number of carbonyl (C=O) groups is 3. The van der Waals surface area contributed by atoms with Crippen molar-refractivity contribution in [2.45, 2.75) is 76.3 Å². The lowest BCUT2D eigenvalue weighted by molar-refractivity contribution is -0.143. The van der Waals surface area contributed by atoms with Gasteiger partial charge in [-0.1, -0.05) is 113 Å². The summed E-state index contributed by atoms with van der Waals surface area (Å²) in [6, 6.07) is 20.2. The lowest BCUT2D eigenvalue weighted by atomic mass is 9.77. The van der Waals surface area contributed by atoms with Crippen LogP contribution in [0, 0.1) is 11.8 Å². The minimum Gasteiger partial charge on any atom is -0.368 e. The van der Waals surface area contributed by atoms with E-state index in [0.717, 1.165) is 48.8 Å². The molecular formula is C35H40N2O3S. The molecule has 2 fully saturated rings. The third-order valence-electron chi connectivity index (χ3n) is 8.73. The van der Waals surface area contributed by atoms with Gasteiger partial charge in [0.25, 0.3) is 0 Å². The second kappa shape index (κ2) is 12.2. The molecule has 0 spiro atoms. The normalized spacial score (nSPS) is 23.6. The number of ketones is 1. The number of nitrogens with zero attached hydrogens (tertiary/aromatic N) is 1. The number of thiophene rings is 1. The summed E-state index contributed by atoms with van der Waals surface area (Å²) < 4.78 is 0. The first-order valence-electron chi connectivity index (χ1n) is 14.7. The van der Waals surface area contributed by atoms with Gasteiger partial charge in [0.15, 0.2) is 5.78 Å². The van der Waals surface area contributed by atoms with Gasteiger partial charge in [0.05, 0.1) is 16.8 Å². The highest BCUT2D eigenvalue weighted by Gasteiger charge is 2.56. The molecule has 214 valence electrons. The lowest BCUT2D eigenvalue weighted by Gasteiger charge is -2.33. The van der Waals surface area contributed by atoms with Gasteiger partial charge in [-0.05, 0) is 46.4 Å². The summed E-state index contributed by atoms with van der Waals surface area (Å²) in [7, 11) is 0. The summed E-state index contributed by atoms with van der Waals surface area (Å²) >= 11 is 1.39. The average molecular weight is 569 g/mol. The van der Waals surface area contributed by atoms with Gasteiger partial charge in [-0.3, -0.25) is 14.4 Å². The van der Waals surface area contributed by atoms with E-state index >= 15 is 0 Å². The minimum absolute atomic E-state index is 0.0482. The van der Waals surface area contributed by atoms with Crippen molar-refractivity contribution in [3.8, 4) is 0 Å². The summed E-state index contributed by atoms with van der Waals surface area (Å²) in [5, 5.41) is 1.89. The zero-order valence-electron chi connectivity index (χ0n) is 24.2. The van der Waals surface area contributed by atoms with Gasteiger partial charge in [0, 0.05) is 11.8 Å². The maximum Gasteiger partial charge on any atom is 0.240 e. The highest BCUT2D eigenvalue weighted by molar-refractivity contribution is 7.12. The summed E-state index contributed by atoms with van der Waals surface area (Å²) in [4.78, 5) is 44.4. The number of carbonyl (C=O) groups excluding carboxylic acids is 3. The molecule has 1 saturated heterocycles. The Morgan fingerprint density at radius 3 is 2.17 bits per heavy atom. The molecule has 2 heterocycles. The molecule has 6 heteroatoms. The molecule has 0 bridgehead atoms. The monoisotopic (exact) mass is 568 g/mol. The third-order valence-corrected chi connectivity index (χ3v) is 9.61. The Kier molecular flexibility index (Phi) is 8.60. The van der Waals surface area contributed by atoms with Crippen molar-refractivity contribution < 1.29 is 14.4 Å². The van der Waals surface area contributed by atoms with Gasteiger partial charge in [0.1, 0.15) is 6.04 Å². The van der Waals surface area contributed by atoms with Gasteiger partial charge in [-0.15, -0.1) is 11.3 Å². The minimum atomic E-state index is -0.927. The Labute approximate surface area is 247 Å². The maximum absolute atomic E-state index is 14.3. The first-order valence-corrected chi connectivity index (χ1v) is 15.6. The van der Waals surface area contributed by atoms with Crippen LogP contribution in [0.25, 0.3) is 6.08 Å². The van der Waals surface area contributed by atoms with Crippen LogP contribution in [0.15, 0.2) is 78.2 Å². The van der Waals surface area contributed by atoms with E-state index in [4.69, 9.17) is 5.73 Å². The van der Waals surface area contributed by atoms with Crippen molar-refractivity contribution in [1.29, 1.82) is 0 Å². The highest BCUT2D eigenvalue weighted by atomic mass is 32.1. The zero-order valence-corrected chi connectivity index (χ0v) is 25.0. The summed E-state index contributed by atoms with van der Waals surface area (Å²) in [5.74, 6) is -2.07. The van der Waals surface area contributed by atoms with Crippen LogP contribution in [-0.4, -0.2) is 34.6 Å². The molecule has 2 N–H and O–H groups in total. The fraction of sp³-hybridized carbons (Fsp3) is 0.400. The predicted molar refractivity (Wildman–Crippen MR) is 166 cm³/mol. The second-order valence-electron chi connectivity index (χ2n) is 12.5. The van der Waals surface area contributed by atoms with Crippen LogP contribution >= 0.6 is 11.3 Å². The molecule has 2 aromatic carbocycles. The number of Topliss-reactive ketones (excluding diaryl/α,β-unsaturated/α-hetero) is 1. The smallest absolute Gasteiger partial charge is 0.240 e. The van der Waals surface area contributed by atoms with E-state index in [0.29, 0.717) is 4.88 Å². The van der Waals surface area contributed by atoms with E-state index in [2.05, 4.69) is 32.9 Å². The van der Waals surface area contributed by atoms with Crippen LogP contribution in [0.1, 0.15) is 85.2 Å². The van der Waals surface area contributed by atoms with E-state index in [9.17, 15) is 14.4 Å². The molecule has 4 unspecified atom stereocenters. The topological polar surface area (TPSA) is 80.5 Å². The molecule has 1 aromatic heterocycles. The third kappa shape index (κ3) is 6.08. The molecule has 41 heavy (non-hydrogen) atoms. The van der Waals surface area contributed by atoms with Crippen LogP contribution < -0.4 is 5.73 Å². The molecule has 1 aliphatic heterocycles. The SMILES string of the molecule is CC(C)(C)c1ccc(C2C(C(=O)c3cccs3)C(C=Cc3ccccc3)N(C(=O)C3CCCCC3)C2C(N)=O)cc1. The van der Waals surface area contributed by atoms with E-state index in [1.54, 1.807) is 4.90 Å². The van der Waals surface area contributed by atoms with Gasteiger partial charge in [0.2, 0.25) is 11.8 Å². The van der Waals surface area contributed by atoms with E-state index in [1.807, 2.05) is 72.1 Å². The van der Waals surface area contributed by atoms with Crippen LogP contribution in [0.2, 0.25) is 0 Å². The fourth-order valence-electron chi connectivity index (χ4n) is 6.58. The molecule has 5 nitrogen and oxygen atoms in total. The Morgan fingerprint density at radius 1 is 0.902 bits per heavy atom. The number of amides is 2. The summed E-state index contributed by atoms with van der Waals surface area (Å²) in [5.41, 5.74) is 9.10. The van der Waals surface area contributed by atoms with E-state index < -0.39 is 29.8 Å². The number of primary amides is 1. The maximum atomic E-state index is 14.3. The zero-order chi connectivity index (χ0) is 29.1. The van der Waals surface area contributed by atoms with Crippen molar-refractivity contribution in [1.82, 2.24) is 4.90 Å². The standard InChI is InChI=1S/C35H40N2O3S/c1-35(2,3)26-19-17-24(18-20-26)29-30(32(38)28-15-10-22-41-28)27(21-16-23-11-6-4-7-12-23)37(31(29)33(36)39)34(40)25-13-8-5-9-14-25/h4,6-7,10-12,15-22,25,27,29-31H,5,8-9,13-14H2,1-3H3,(H2,36,39). The molecule has 2 amide bonds. The molecule has 1 saturated carbocycles. The summed E-state index contributed by atoms with van der Waals surface area (Å²) in [6.45, 7) is 6.46. The Hall–Kier alpha value is -3.51. The van der Waals surface area contributed by atoms with Crippen molar-refractivity contribution in [3.63, 3.8) is 0 Å². The molecular weight excluding hydrogens is 528 g/mol. The molecule has 1 aliphatic carbocycles. The number of nitrogens with two attached hydrogens (primary N) is 1. The van der Waals surface area contributed by atoms with Crippen molar-refractivity contribution in [2.24, 2.45) is 17.6 Å². The largest absolute Gasteiger partial charge is 0.368 e. The van der Waals surface area contributed by atoms with E-state index in [-0.39, 0.29) is 23.0 Å². The number of hydrogen-bond donors (Lipinski definition) is 1. The molecule has 0 radical (unpaired) electrons. The average Bonchev–Trinajstić information content (AvgIpc) is 3.63. The van der Waals surface area contributed by atoms with Gasteiger partial charge >= 0.3 is 0 Å². The van der Waals surface area contributed by atoms with Crippen molar-refractivity contribution in [2.75, 3.05) is 0 Å². The van der Waals surface area contributed by atoms with Crippen LogP contribution in [0.5, 0.6) is 0 Å². The second-order valence-corrected chi connectivity index (χ2v) is 13.4. The van der Waals surface area contributed by atoms with Gasteiger partial charge in [-0.2, -0.15) is 0 Å². The van der Waals surface area contributed by atoms with E-state index in [1.165, 1.54) is 11.3 Å². The lowest BCUT2D eigenvalue weighted by Crippen LogP contribution is -2.50. The summed E-state index contributed by atoms with van der Waals surface area (Å²) in [6.07, 6.45) is 8.60. The highest BCUT2D eigenvalue weighted by Crippen LogP contribution is 2.47. The molecule has 4 atom stereocenters. The fourth-order valence-corrected chi connectivity index (χ4v) is 7.29. The Balaban J connectivity index is 1.67. The number of hydrogen-bond acceptors (Lipinski definition) is 4. The van der Waals surface area contributed by atoms with Crippen LogP contribution in [0.3, 0.4) is 0 Å².